The smallest absolute Gasteiger partial charge is 0 e. The van der Waals surface area contributed by atoms with Gasteiger partial charge in [0.2, 0.25) is 0 Å². The standard InChI is InChI=1S/C49H4/c1-3-5-7-9-11-13-15-17-19-21-23-25-27-29-31-33-35-37-39-41-43-45-47-49-48-46-44-42-40-38-36-34-32-30-28-26-24-22-20-18-16-14-12-10-8-6-4-2/h1H,2H3. The molecule has 0 bridgehead atoms. The van der Waals surface area contributed by atoms with Crippen LogP contribution in [0.25, 0.3) is 0 Å². The van der Waals surface area contributed by atoms with E-state index in [0.717, 1.165) is 0 Å². The Hall–Kier alpha value is -10.6. The van der Waals surface area contributed by atoms with Gasteiger partial charge in [0.05, 0.1) is 0 Å². The van der Waals surface area contributed by atoms with Crippen LogP contribution in [0.15, 0.2) is 0 Å². The van der Waals surface area contributed by atoms with Gasteiger partial charge in [-0.3, -0.25) is 0 Å². The molecule has 0 atom stereocenters. The highest BCUT2D eigenvalue weighted by Gasteiger charge is 1.62. The summed E-state index contributed by atoms with van der Waals surface area (Å²) >= 11 is 0. The molecule has 49 heavy (non-hydrogen) atoms. The zero-order valence-corrected chi connectivity index (χ0v) is 25.1. The van der Waals surface area contributed by atoms with Gasteiger partial charge in [0.25, 0.3) is 0 Å². The lowest BCUT2D eigenvalue weighted by Gasteiger charge is -1.57. The number of hydrogen-bond donors (Lipinski definition) is 0. The first kappa shape index (κ1) is 38.4. The van der Waals surface area contributed by atoms with E-state index in [2.05, 4.69) is 278 Å². The van der Waals surface area contributed by atoms with Gasteiger partial charge in [0.15, 0.2) is 0 Å². The maximum Gasteiger partial charge on any atom is 0 e. The third-order valence-electron chi connectivity index (χ3n) is 2.95. The predicted molar refractivity (Wildman–Crippen MR) is 193 cm³/mol. The van der Waals surface area contributed by atoms with Gasteiger partial charge < -0.3 is 0 Å². The second-order valence-corrected chi connectivity index (χ2v) is 6.02. The minimum atomic E-state index is 1.69. The molecule has 0 amide bonds. The average Bonchev–Trinajstić information content (AvgIpc) is 3.11. The van der Waals surface area contributed by atoms with E-state index in [1.807, 2.05) is 0 Å². The zero-order chi connectivity index (χ0) is 35.2. The predicted octanol–water partition coefficient (Wildman–Crippen LogP) is 0.718. The van der Waals surface area contributed by atoms with E-state index in [4.69, 9.17) is 6.42 Å². The van der Waals surface area contributed by atoms with E-state index in [1.165, 1.54) is 0 Å². The molecule has 0 aromatic carbocycles. The lowest BCUT2D eigenvalue weighted by atomic mass is 10.4. The number of hydrogen-bond acceptors (Lipinski definition) is 0. The van der Waals surface area contributed by atoms with Crippen molar-refractivity contribution in [1.29, 1.82) is 0 Å². The van der Waals surface area contributed by atoms with Crippen LogP contribution < -0.4 is 0 Å². The Morgan fingerprint density at radius 3 is 0.367 bits per heavy atom. The molecule has 0 aliphatic heterocycles. The summed E-state index contributed by atoms with van der Waals surface area (Å²) in [5.41, 5.74) is 0. The van der Waals surface area contributed by atoms with Gasteiger partial charge >= 0.3 is 0 Å². The van der Waals surface area contributed by atoms with Crippen molar-refractivity contribution in [1.82, 2.24) is 0 Å². The molecule has 0 spiro atoms. The molecule has 0 fully saturated rings. The fourth-order valence-electron chi connectivity index (χ4n) is 1.44. The second-order valence-electron chi connectivity index (χ2n) is 6.02. The molecule has 0 heteroatoms. The monoisotopic (exact) mass is 592 g/mol. The summed E-state index contributed by atoms with van der Waals surface area (Å²) in [6.45, 7) is 1.69. The first-order chi connectivity index (χ1) is 24.4. The van der Waals surface area contributed by atoms with Gasteiger partial charge in [-0.05, 0) is 102 Å². The topological polar surface area (TPSA) is 0 Å². The van der Waals surface area contributed by atoms with Crippen molar-refractivity contribution in [2.45, 2.75) is 6.92 Å². The van der Waals surface area contributed by atoms with Crippen LogP contribution in [0.2, 0.25) is 0 Å². The average molecular weight is 593 g/mol. The molecule has 200 valence electrons. The van der Waals surface area contributed by atoms with Crippen molar-refractivity contribution in [3.05, 3.63) is 0 Å². The lowest BCUT2D eigenvalue weighted by molar-refractivity contribution is 1.92. The molecular weight excluding hydrogens is 589 g/mol. The van der Waals surface area contributed by atoms with Crippen LogP contribution in [0.4, 0.5) is 0 Å². The van der Waals surface area contributed by atoms with Gasteiger partial charge in [0, 0.05) is 178 Å². The number of terminal acetylenes is 1. The Labute approximate surface area is 290 Å². The third kappa shape index (κ3) is 37.4. The Balaban J connectivity index is 4.56. The van der Waals surface area contributed by atoms with E-state index in [1.54, 1.807) is 6.92 Å². The second kappa shape index (κ2) is 37.4. The van der Waals surface area contributed by atoms with E-state index < -0.39 is 0 Å². The highest BCUT2D eigenvalue weighted by atomic mass is 13.6. The van der Waals surface area contributed by atoms with Gasteiger partial charge in [-0.2, -0.15) is 0 Å². The van der Waals surface area contributed by atoms with Crippen molar-refractivity contribution < 1.29 is 0 Å². The first-order valence-corrected chi connectivity index (χ1v) is 12.3. The molecular formula is C49H4. The van der Waals surface area contributed by atoms with Gasteiger partial charge in [0.1, 0.15) is 0 Å². The van der Waals surface area contributed by atoms with E-state index in [0.29, 0.717) is 0 Å². The van der Waals surface area contributed by atoms with E-state index in [9.17, 15) is 0 Å². The van der Waals surface area contributed by atoms with Crippen LogP contribution in [-0.2, 0) is 0 Å². The maximum atomic E-state index is 4.94. The fourth-order valence-corrected chi connectivity index (χ4v) is 1.44. The molecule has 0 aromatic rings. The molecule has 0 nitrogen and oxygen atoms in total. The van der Waals surface area contributed by atoms with Crippen molar-refractivity contribution in [2.24, 2.45) is 0 Å². The Morgan fingerprint density at radius 1 is 0.163 bits per heavy atom. The highest BCUT2D eigenvalue weighted by Crippen LogP contribution is 1.62. The number of rotatable bonds is 0. The Kier molecular flexibility index (Phi) is 29.4. The molecule has 0 N–H and O–H groups in total. The summed E-state index contributed by atoms with van der Waals surface area (Å²) in [6.07, 6.45) is 4.94. The molecule has 0 rings (SSSR count). The molecule has 0 aliphatic carbocycles. The zero-order valence-electron chi connectivity index (χ0n) is 25.1. The first-order valence-electron chi connectivity index (χ1n) is 12.3. The molecule has 0 radical (unpaired) electrons. The van der Waals surface area contributed by atoms with Crippen LogP contribution >= 0.6 is 0 Å². The third-order valence-corrected chi connectivity index (χ3v) is 2.95. The van der Waals surface area contributed by atoms with E-state index in [-0.39, 0.29) is 0 Å². The fraction of sp³-hybridized carbons (Fsp3) is 0.0204. The maximum absolute atomic E-state index is 4.94. The van der Waals surface area contributed by atoms with Gasteiger partial charge in [-0.1, -0.05) is 5.92 Å². The van der Waals surface area contributed by atoms with E-state index >= 15 is 0 Å². The molecule has 0 saturated carbocycles. The summed E-state index contributed by atoms with van der Waals surface area (Å²) in [4.78, 5) is 0. The van der Waals surface area contributed by atoms with Crippen molar-refractivity contribution in [3.8, 4) is 285 Å². The minimum absolute atomic E-state index is 1.69. The molecule has 0 aromatic heterocycles. The summed E-state index contributed by atoms with van der Waals surface area (Å²) in [7, 11) is 0. The van der Waals surface area contributed by atoms with Crippen LogP contribution in [-0.4, -0.2) is 0 Å². The normalized spacial score (nSPS) is 3.92. The summed E-state index contributed by atoms with van der Waals surface area (Å²) in [5.74, 6) is 117. The molecule has 0 unspecified atom stereocenters. The summed E-state index contributed by atoms with van der Waals surface area (Å²) in [5, 5.41) is 0. The summed E-state index contributed by atoms with van der Waals surface area (Å²) < 4.78 is 0. The van der Waals surface area contributed by atoms with Crippen LogP contribution in [0, 0.1) is 285 Å². The largest absolute Gasteiger partial charge is 0.106 e. The van der Waals surface area contributed by atoms with Crippen LogP contribution in [0.5, 0.6) is 0 Å². The Morgan fingerprint density at radius 2 is 0.265 bits per heavy atom. The van der Waals surface area contributed by atoms with Gasteiger partial charge in [-0.25, -0.2) is 0 Å². The lowest BCUT2D eigenvalue weighted by Crippen LogP contribution is -1.57. The quantitative estimate of drug-likeness (QED) is 0.364. The summed E-state index contributed by atoms with van der Waals surface area (Å²) in [6, 6.07) is 0. The van der Waals surface area contributed by atoms with Crippen molar-refractivity contribution in [3.63, 3.8) is 0 Å². The minimum Gasteiger partial charge on any atom is -0.106 e. The molecule has 0 heterocycles. The molecule has 0 aliphatic rings. The molecule has 0 saturated heterocycles. The van der Waals surface area contributed by atoms with Crippen LogP contribution in [0.1, 0.15) is 6.92 Å². The van der Waals surface area contributed by atoms with Gasteiger partial charge in [-0.15, -0.1) is 6.42 Å². The van der Waals surface area contributed by atoms with Crippen LogP contribution in [0.3, 0.4) is 0 Å². The van der Waals surface area contributed by atoms with Crippen molar-refractivity contribution in [2.75, 3.05) is 0 Å². The Bertz CT molecular complexity index is 2960. The highest BCUT2D eigenvalue weighted by molar-refractivity contribution is 5.50. The van der Waals surface area contributed by atoms with Crippen molar-refractivity contribution >= 4 is 0 Å². The SMILES string of the molecule is C#CC#CC#CC#CC#CC#CC#CC#CC#CC#CC#CC#CC#CC#CC#CC#CC#CC#CC#CC#CC#CC#CC#CC#CC.